The van der Waals surface area contributed by atoms with Crippen LogP contribution in [0.15, 0.2) is 71.6 Å². The normalized spacial score (nSPS) is 15.0. The van der Waals surface area contributed by atoms with Crippen molar-refractivity contribution in [1.29, 1.82) is 0 Å². The van der Waals surface area contributed by atoms with Gasteiger partial charge in [0.2, 0.25) is 5.91 Å². The molecule has 1 heterocycles. The van der Waals surface area contributed by atoms with Gasteiger partial charge in [0, 0.05) is 17.3 Å². The Bertz CT molecular complexity index is 1350. The van der Waals surface area contributed by atoms with E-state index in [9.17, 15) is 18.0 Å². The number of hydrogen-bond donors (Lipinski definition) is 2. The second kappa shape index (κ2) is 9.30. The topological polar surface area (TPSA) is 95.6 Å². The summed E-state index contributed by atoms with van der Waals surface area (Å²) in [4.78, 5) is 25.1. The molecule has 0 saturated heterocycles. The quantitative estimate of drug-likeness (QED) is 0.564. The minimum absolute atomic E-state index is 0.0312. The molecule has 3 aromatic rings. The molecule has 34 heavy (non-hydrogen) atoms. The third-order valence-corrected chi connectivity index (χ3v) is 7.88. The standard InChI is InChI=1S/C26H27N3O4S/c1-17-8-6-9-18(2)25(17)28-24(30)16-27-26(31)21-11-7-12-22(15-21)34(32,33)29-19(3)14-20-10-4-5-13-23(20)29/h4-13,15,19H,14,16H2,1-3H3,(H,27,31)(H,28,30). The SMILES string of the molecule is Cc1cccc(C)c1NC(=O)CNC(=O)c1cccc(S(=O)(=O)N2c3ccccc3CC2C)c1. The van der Waals surface area contributed by atoms with Gasteiger partial charge < -0.3 is 10.6 Å². The molecule has 1 unspecified atom stereocenters. The van der Waals surface area contributed by atoms with Crippen molar-refractivity contribution >= 4 is 33.2 Å². The summed E-state index contributed by atoms with van der Waals surface area (Å²) >= 11 is 0. The van der Waals surface area contributed by atoms with Crippen LogP contribution in [0, 0.1) is 13.8 Å². The zero-order valence-electron chi connectivity index (χ0n) is 19.3. The van der Waals surface area contributed by atoms with Gasteiger partial charge in [-0.2, -0.15) is 0 Å². The van der Waals surface area contributed by atoms with E-state index >= 15 is 0 Å². The van der Waals surface area contributed by atoms with Gasteiger partial charge in [-0.05, 0) is 68.1 Å². The Labute approximate surface area is 199 Å². The Hall–Kier alpha value is -3.65. The number of hydrogen-bond acceptors (Lipinski definition) is 4. The van der Waals surface area contributed by atoms with Crippen LogP contribution in [0.2, 0.25) is 0 Å². The maximum atomic E-state index is 13.4. The number of carbonyl (C=O) groups is 2. The molecule has 0 aliphatic carbocycles. The van der Waals surface area contributed by atoms with Gasteiger partial charge in [0.15, 0.2) is 0 Å². The molecular weight excluding hydrogens is 450 g/mol. The molecule has 0 aromatic heterocycles. The minimum Gasteiger partial charge on any atom is -0.343 e. The van der Waals surface area contributed by atoms with Crippen molar-refractivity contribution in [3.8, 4) is 0 Å². The lowest BCUT2D eigenvalue weighted by molar-refractivity contribution is -0.115. The second-order valence-electron chi connectivity index (χ2n) is 8.51. The first-order valence-electron chi connectivity index (χ1n) is 11.0. The summed E-state index contributed by atoms with van der Waals surface area (Å²) < 4.78 is 28.3. The smallest absolute Gasteiger partial charge is 0.264 e. The van der Waals surface area contributed by atoms with Gasteiger partial charge in [-0.1, -0.05) is 42.5 Å². The van der Waals surface area contributed by atoms with Crippen molar-refractivity contribution in [2.75, 3.05) is 16.2 Å². The molecule has 0 fully saturated rings. The Morgan fingerprint density at radius 3 is 2.38 bits per heavy atom. The molecule has 1 atom stereocenters. The molecule has 2 N–H and O–H groups in total. The summed E-state index contributed by atoms with van der Waals surface area (Å²) in [7, 11) is -3.86. The third-order valence-electron chi connectivity index (χ3n) is 5.95. The average Bonchev–Trinajstić information content (AvgIpc) is 3.16. The molecular formula is C26H27N3O4S. The van der Waals surface area contributed by atoms with Gasteiger partial charge in [-0.15, -0.1) is 0 Å². The van der Waals surface area contributed by atoms with E-state index in [1.807, 2.05) is 57.2 Å². The number of amides is 2. The van der Waals surface area contributed by atoms with Crippen LogP contribution in [0.3, 0.4) is 0 Å². The van der Waals surface area contributed by atoms with E-state index in [2.05, 4.69) is 10.6 Å². The van der Waals surface area contributed by atoms with Crippen LogP contribution in [0.4, 0.5) is 11.4 Å². The second-order valence-corrected chi connectivity index (χ2v) is 10.3. The molecule has 176 valence electrons. The number of carbonyl (C=O) groups excluding carboxylic acids is 2. The van der Waals surface area contributed by atoms with Crippen LogP contribution in [-0.2, 0) is 21.2 Å². The van der Waals surface area contributed by atoms with Crippen LogP contribution in [0.25, 0.3) is 0 Å². The number of rotatable bonds is 6. The lowest BCUT2D eigenvalue weighted by Crippen LogP contribution is -2.36. The predicted octanol–water partition coefficient (Wildman–Crippen LogP) is 3.81. The Morgan fingerprint density at radius 2 is 1.65 bits per heavy atom. The number of sulfonamides is 1. The Balaban J connectivity index is 1.48. The van der Waals surface area contributed by atoms with Crippen molar-refractivity contribution in [3.63, 3.8) is 0 Å². The lowest BCUT2D eigenvalue weighted by atomic mass is 10.1. The van der Waals surface area contributed by atoms with E-state index in [0.29, 0.717) is 12.1 Å². The maximum absolute atomic E-state index is 13.4. The highest BCUT2D eigenvalue weighted by Crippen LogP contribution is 2.36. The zero-order chi connectivity index (χ0) is 24.5. The minimum atomic E-state index is -3.86. The van der Waals surface area contributed by atoms with Crippen LogP contribution in [0.5, 0.6) is 0 Å². The average molecular weight is 478 g/mol. The Morgan fingerprint density at radius 1 is 0.971 bits per heavy atom. The van der Waals surface area contributed by atoms with Gasteiger partial charge in [-0.3, -0.25) is 13.9 Å². The first-order valence-corrected chi connectivity index (χ1v) is 12.5. The van der Waals surface area contributed by atoms with E-state index in [-0.39, 0.29) is 29.0 Å². The number of nitrogens with one attached hydrogen (secondary N) is 2. The van der Waals surface area contributed by atoms with E-state index in [1.165, 1.54) is 28.6 Å². The molecule has 4 rings (SSSR count). The summed E-state index contributed by atoms with van der Waals surface area (Å²) in [6.07, 6.45) is 0.630. The van der Waals surface area contributed by atoms with E-state index in [4.69, 9.17) is 0 Å². The number of para-hydroxylation sites is 2. The fourth-order valence-corrected chi connectivity index (χ4v) is 6.01. The maximum Gasteiger partial charge on any atom is 0.264 e. The summed E-state index contributed by atoms with van der Waals surface area (Å²) in [5.74, 6) is -0.888. The number of anilines is 2. The number of nitrogens with zero attached hydrogens (tertiary/aromatic N) is 1. The van der Waals surface area contributed by atoms with Crippen LogP contribution < -0.4 is 14.9 Å². The van der Waals surface area contributed by atoms with Crippen molar-refractivity contribution in [3.05, 3.63) is 89.0 Å². The first kappa shape index (κ1) is 23.5. The van der Waals surface area contributed by atoms with E-state index < -0.39 is 15.9 Å². The van der Waals surface area contributed by atoms with Crippen LogP contribution in [-0.4, -0.2) is 32.8 Å². The molecule has 1 aliphatic rings. The third kappa shape index (κ3) is 4.54. The molecule has 2 amide bonds. The highest BCUT2D eigenvalue weighted by atomic mass is 32.2. The fourth-order valence-electron chi connectivity index (χ4n) is 4.27. The number of fused-ring (bicyclic) bond motifs is 1. The predicted molar refractivity (Wildman–Crippen MR) is 133 cm³/mol. The molecule has 7 nitrogen and oxygen atoms in total. The van der Waals surface area contributed by atoms with Crippen molar-refractivity contribution in [1.82, 2.24) is 5.32 Å². The van der Waals surface area contributed by atoms with Gasteiger partial charge in [0.05, 0.1) is 17.1 Å². The molecule has 3 aromatic carbocycles. The van der Waals surface area contributed by atoms with Gasteiger partial charge >= 0.3 is 0 Å². The summed E-state index contributed by atoms with van der Waals surface area (Å²) in [6, 6.07) is 18.8. The van der Waals surface area contributed by atoms with E-state index in [1.54, 1.807) is 6.07 Å². The van der Waals surface area contributed by atoms with Crippen LogP contribution in [0.1, 0.15) is 34.0 Å². The first-order chi connectivity index (χ1) is 16.2. The monoisotopic (exact) mass is 477 g/mol. The molecule has 0 radical (unpaired) electrons. The molecule has 0 bridgehead atoms. The van der Waals surface area contributed by atoms with Gasteiger partial charge in [0.25, 0.3) is 15.9 Å². The highest BCUT2D eigenvalue weighted by Gasteiger charge is 2.36. The van der Waals surface area contributed by atoms with Gasteiger partial charge in [-0.25, -0.2) is 8.42 Å². The summed E-state index contributed by atoms with van der Waals surface area (Å²) in [5, 5.41) is 5.39. The fraction of sp³-hybridized carbons (Fsp3) is 0.231. The zero-order valence-corrected chi connectivity index (χ0v) is 20.1. The summed E-state index contributed by atoms with van der Waals surface area (Å²) in [5.41, 5.74) is 4.37. The van der Waals surface area contributed by atoms with Crippen molar-refractivity contribution < 1.29 is 18.0 Å². The molecule has 8 heteroatoms. The molecule has 1 aliphatic heterocycles. The lowest BCUT2D eigenvalue weighted by Gasteiger charge is -2.24. The highest BCUT2D eigenvalue weighted by molar-refractivity contribution is 7.92. The van der Waals surface area contributed by atoms with Crippen molar-refractivity contribution in [2.45, 2.75) is 38.1 Å². The van der Waals surface area contributed by atoms with Gasteiger partial charge in [0.1, 0.15) is 0 Å². The number of benzene rings is 3. The summed E-state index contributed by atoms with van der Waals surface area (Å²) in [6.45, 7) is 5.42. The van der Waals surface area contributed by atoms with Crippen LogP contribution >= 0.6 is 0 Å². The number of aryl methyl sites for hydroxylation is 2. The Kier molecular flexibility index (Phi) is 6.43. The molecule has 0 spiro atoms. The van der Waals surface area contributed by atoms with Crippen molar-refractivity contribution in [2.24, 2.45) is 0 Å². The largest absolute Gasteiger partial charge is 0.343 e. The molecule has 0 saturated carbocycles. The van der Waals surface area contributed by atoms with E-state index in [0.717, 1.165) is 22.4 Å².